The van der Waals surface area contributed by atoms with Crippen molar-refractivity contribution in [3.8, 4) is 0 Å². The van der Waals surface area contributed by atoms with Gasteiger partial charge in [0, 0.05) is 17.5 Å². The van der Waals surface area contributed by atoms with Gasteiger partial charge >= 0.3 is 0 Å². The Morgan fingerprint density at radius 2 is 2.00 bits per heavy atom. The molecule has 1 N–H and O–H groups in total. The third kappa shape index (κ3) is 3.46. The summed E-state index contributed by atoms with van der Waals surface area (Å²) < 4.78 is 0. The second-order valence-electron chi connectivity index (χ2n) is 5.19. The van der Waals surface area contributed by atoms with Crippen LogP contribution >= 0.6 is 11.3 Å². The number of aryl methyl sites for hydroxylation is 3. The molecular weight excluding hydrogens is 250 g/mol. The van der Waals surface area contributed by atoms with Crippen molar-refractivity contribution >= 4 is 11.3 Å². The van der Waals surface area contributed by atoms with E-state index in [-0.39, 0.29) is 0 Å². The maximum absolute atomic E-state index is 3.65. The van der Waals surface area contributed by atoms with E-state index in [1.54, 1.807) is 0 Å². The minimum atomic E-state index is 0.396. The zero-order valence-electron chi connectivity index (χ0n) is 12.3. The predicted octanol–water partition coefficient (Wildman–Crippen LogP) is 4.78. The van der Waals surface area contributed by atoms with Gasteiger partial charge < -0.3 is 5.32 Å². The van der Waals surface area contributed by atoms with Crippen molar-refractivity contribution in [3.05, 3.63) is 56.8 Å². The number of benzene rings is 1. The van der Waals surface area contributed by atoms with Gasteiger partial charge in [-0.1, -0.05) is 30.7 Å². The molecule has 0 aliphatic rings. The van der Waals surface area contributed by atoms with Crippen molar-refractivity contribution in [1.29, 1.82) is 0 Å². The van der Waals surface area contributed by atoms with E-state index in [2.05, 4.69) is 62.7 Å². The van der Waals surface area contributed by atoms with Gasteiger partial charge in [-0.2, -0.15) is 0 Å². The molecule has 1 heterocycles. The summed E-state index contributed by atoms with van der Waals surface area (Å²) in [6, 6.07) is 9.34. The average molecular weight is 273 g/mol. The SMILES string of the molecule is CCc1ccsc1CNC(C)c1ccc(C)cc1C. The van der Waals surface area contributed by atoms with Crippen LogP contribution in [0.4, 0.5) is 0 Å². The molecule has 2 rings (SSSR count). The molecule has 2 heteroatoms. The topological polar surface area (TPSA) is 12.0 Å². The van der Waals surface area contributed by atoms with Crippen molar-refractivity contribution in [3.63, 3.8) is 0 Å². The quantitative estimate of drug-likeness (QED) is 0.827. The Bertz CT molecular complexity index is 542. The lowest BCUT2D eigenvalue weighted by Gasteiger charge is -2.17. The van der Waals surface area contributed by atoms with Gasteiger partial charge in [-0.25, -0.2) is 0 Å². The van der Waals surface area contributed by atoms with Gasteiger partial charge in [0.2, 0.25) is 0 Å². The van der Waals surface area contributed by atoms with E-state index in [0.29, 0.717) is 6.04 Å². The molecule has 1 unspecified atom stereocenters. The lowest BCUT2D eigenvalue weighted by molar-refractivity contribution is 0.574. The highest BCUT2D eigenvalue weighted by Crippen LogP contribution is 2.21. The monoisotopic (exact) mass is 273 g/mol. The standard InChI is InChI=1S/C17H23NS/c1-5-15-8-9-19-17(15)11-18-14(4)16-7-6-12(2)10-13(16)3/h6-10,14,18H,5,11H2,1-4H3. The Morgan fingerprint density at radius 1 is 1.21 bits per heavy atom. The number of hydrogen-bond donors (Lipinski definition) is 1. The van der Waals surface area contributed by atoms with Crippen molar-refractivity contribution in [1.82, 2.24) is 5.32 Å². The van der Waals surface area contributed by atoms with E-state index >= 15 is 0 Å². The molecule has 0 spiro atoms. The van der Waals surface area contributed by atoms with E-state index in [1.165, 1.54) is 27.1 Å². The molecule has 1 aromatic carbocycles. The zero-order chi connectivity index (χ0) is 13.8. The van der Waals surface area contributed by atoms with Crippen LogP contribution in [0, 0.1) is 13.8 Å². The Kier molecular flexibility index (Phi) is 4.78. The van der Waals surface area contributed by atoms with Crippen LogP contribution in [0.2, 0.25) is 0 Å². The first-order valence-electron chi connectivity index (χ1n) is 6.97. The summed E-state index contributed by atoms with van der Waals surface area (Å²) in [6.07, 6.45) is 1.12. The van der Waals surface area contributed by atoms with Crippen LogP contribution in [-0.2, 0) is 13.0 Å². The highest BCUT2D eigenvalue weighted by Gasteiger charge is 2.09. The van der Waals surface area contributed by atoms with Crippen LogP contribution in [-0.4, -0.2) is 0 Å². The first kappa shape index (κ1) is 14.3. The van der Waals surface area contributed by atoms with Crippen molar-refractivity contribution in [2.45, 2.75) is 46.7 Å². The zero-order valence-corrected chi connectivity index (χ0v) is 13.1. The smallest absolute Gasteiger partial charge is 0.0308 e. The van der Waals surface area contributed by atoms with Crippen LogP contribution in [0.25, 0.3) is 0 Å². The molecule has 1 atom stereocenters. The summed E-state index contributed by atoms with van der Waals surface area (Å²) in [5, 5.41) is 5.84. The lowest BCUT2D eigenvalue weighted by atomic mass is 10.0. The molecular formula is C17H23NS. The van der Waals surface area contributed by atoms with Crippen LogP contribution < -0.4 is 5.32 Å². The highest BCUT2D eigenvalue weighted by atomic mass is 32.1. The molecule has 0 bridgehead atoms. The molecule has 0 aliphatic carbocycles. The largest absolute Gasteiger partial charge is 0.305 e. The van der Waals surface area contributed by atoms with E-state index < -0.39 is 0 Å². The van der Waals surface area contributed by atoms with Crippen LogP contribution in [0.1, 0.15) is 47.0 Å². The van der Waals surface area contributed by atoms with E-state index in [1.807, 2.05) is 11.3 Å². The maximum Gasteiger partial charge on any atom is 0.0308 e. The Morgan fingerprint density at radius 3 is 2.68 bits per heavy atom. The average Bonchev–Trinajstić information content (AvgIpc) is 2.83. The fourth-order valence-corrected chi connectivity index (χ4v) is 3.43. The Labute approximate surface area is 120 Å². The summed E-state index contributed by atoms with van der Waals surface area (Å²) in [5.74, 6) is 0. The predicted molar refractivity (Wildman–Crippen MR) is 84.9 cm³/mol. The van der Waals surface area contributed by atoms with E-state index in [4.69, 9.17) is 0 Å². The molecule has 2 aromatic rings. The molecule has 1 nitrogen and oxygen atoms in total. The summed E-state index contributed by atoms with van der Waals surface area (Å²) in [7, 11) is 0. The molecule has 0 radical (unpaired) electrons. The van der Waals surface area contributed by atoms with Crippen LogP contribution in [0.5, 0.6) is 0 Å². The van der Waals surface area contributed by atoms with Gasteiger partial charge in [-0.3, -0.25) is 0 Å². The van der Waals surface area contributed by atoms with Gasteiger partial charge in [0.25, 0.3) is 0 Å². The van der Waals surface area contributed by atoms with Gasteiger partial charge in [0.05, 0.1) is 0 Å². The molecule has 19 heavy (non-hydrogen) atoms. The van der Waals surface area contributed by atoms with E-state index in [9.17, 15) is 0 Å². The number of hydrogen-bond acceptors (Lipinski definition) is 2. The Hall–Kier alpha value is -1.12. The van der Waals surface area contributed by atoms with Crippen molar-refractivity contribution in [2.24, 2.45) is 0 Å². The Balaban J connectivity index is 2.03. The normalized spacial score (nSPS) is 12.6. The maximum atomic E-state index is 3.65. The fraction of sp³-hybridized carbons (Fsp3) is 0.412. The van der Waals surface area contributed by atoms with Crippen molar-refractivity contribution in [2.75, 3.05) is 0 Å². The lowest BCUT2D eigenvalue weighted by Crippen LogP contribution is -2.19. The summed E-state index contributed by atoms with van der Waals surface area (Å²) in [5.41, 5.74) is 5.59. The van der Waals surface area contributed by atoms with Crippen molar-refractivity contribution < 1.29 is 0 Å². The molecule has 0 saturated carbocycles. The fourth-order valence-electron chi connectivity index (χ4n) is 2.50. The number of nitrogens with one attached hydrogen (secondary N) is 1. The first-order valence-corrected chi connectivity index (χ1v) is 7.85. The minimum absolute atomic E-state index is 0.396. The van der Waals surface area contributed by atoms with Crippen LogP contribution in [0.15, 0.2) is 29.6 Å². The second kappa shape index (κ2) is 6.36. The molecule has 0 aliphatic heterocycles. The first-order chi connectivity index (χ1) is 9.11. The highest BCUT2D eigenvalue weighted by molar-refractivity contribution is 7.10. The van der Waals surface area contributed by atoms with Gasteiger partial charge in [-0.05, 0) is 55.3 Å². The third-order valence-electron chi connectivity index (χ3n) is 3.68. The van der Waals surface area contributed by atoms with Gasteiger partial charge in [-0.15, -0.1) is 11.3 Å². The summed E-state index contributed by atoms with van der Waals surface area (Å²) in [4.78, 5) is 1.47. The van der Waals surface area contributed by atoms with E-state index in [0.717, 1.165) is 13.0 Å². The molecule has 102 valence electrons. The molecule has 0 saturated heterocycles. The molecule has 1 aromatic heterocycles. The number of rotatable bonds is 5. The summed E-state index contributed by atoms with van der Waals surface area (Å²) in [6.45, 7) is 9.78. The van der Waals surface area contributed by atoms with Crippen LogP contribution in [0.3, 0.4) is 0 Å². The minimum Gasteiger partial charge on any atom is -0.305 e. The molecule has 0 amide bonds. The van der Waals surface area contributed by atoms with Gasteiger partial charge in [0.1, 0.15) is 0 Å². The summed E-state index contributed by atoms with van der Waals surface area (Å²) >= 11 is 1.86. The van der Waals surface area contributed by atoms with Gasteiger partial charge in [0.15, 0.2) is 0 Å². The second-order valence-corrected chi connectivity index (χ2v) is 6.19. The molecule has 0 fully saturated rings. The number of thiophene rings is 1. The third-order valence-corrected chi connectivity index (χ3v) is 4.64.